The van der Waals surface area contributed by atoms with Crippen LogP contribution >= 0.6 is 23.4 Å². The lowest BCUT2D eigenvalue weighted by Gasteiger charge is -2.24. The summed E-state index contributed by atoms with van der Waals surface area (Å²) in [6.07, 6.45) is 0.825. The number of nitrogens with two attached hydrogens (primary N) is 1. The third-order valence-corrected chi connectivity index (χ3v) is 6.57. The summed E-state index contributed by atoms with van der Waals surface area (Å²) >= 11 is 7.40. The number of nitrogens with zero attached hydrogens (tertiary/aromatic N) is 1. The van der Waals surface area contributed by atoms with Gasteiger partial charge in [0.25, 0.3) is 0 Å². The quantitative estimate of drug-likeness (QED) is 0.445. The summed E-state index contributed by atoms with van der Waals surface area (Å²) < 4.78 is 5.74. The number of benzene rings is 3. The zero-order valence-electron chi connectivity index (χ0n) is 16.4. The average Bonchev–Trinajstić information content (AvgIpc) is 2.80. The van der Waals surface area contributed by atoms with Gasteiger partial charge in [0.05, 0.1) is 23.4 Å². The van der Waals surface area contributed by atoms with Gasteiger partial charge in [-0.2, -0.15) is 0 Å². The number of carbonyl (C=O) groups is 2. The van der Waals surface area contributed by atoms with Crippen molar-refractivity contribution < 1.29 is 14.3 Å². The second-order valence-electron chi connectivity index (χ2n) is 7.23. The Morgan fingerprint density at radius 1 is 0.935 bits per heavy atom. The second kappa shape index (κ2) is 7.87. The van der Waals surface area contributed by atoms with Crippen LogP contribution in [0.3, 0.4) is 0 Å². The topological polar surface area (TPSA) is 81.8 Å². The molecular formula is C24H17ClN2O3S. The van der Waals surface area contributed by atoms with Gasteiger partial charge in [0.2, 0.25) is 5.90 Å². The molecule has 2 N–H and O–H groups in total. The molecule has 5 nitrogen and oxygen atoms in total. The number of ketones is 2. The van der Waals surface area contributed by atoms with Crippen LogP contribution < -0.4 is 5.73 Å². The van der Waals surface area contributed by atoms with Crippen molar-refractivity contribution >= 4 is 46.5 Å². The average molecular weight is 449 g/mol. The van der Waals surface area contributed by atoms with Crippen molar-refractivity contribution in [2.24, 2.45) is 4.99 Å². The van der Waals surface area contributed by atoms with Gasteiger partial charge < -0.3 is 10.5 Å². The fourth-order valence-electron chi connectivity index (χ4n) is 3.79. The molecular weight excluding hydrogens is 432 g/mol. The number of aliphatic imine (C=N–C) groups is 1. The van der Waals surface area contributed by atoms with Crippen LogP contribution in [0.4, 0.5) is 5.69 Å². The van der Waals surface area contributed by atoms with Gasteiger partial charge in [0.15, 0.2) is 11.6 Å². The van der Waals surface area contributed by atoms with E-state index in [0.29, 0.717) is 51.2 Å². The molecule has 0 fully saturated rings. The summed E-state index contributed by atoms with van der Waals surface area (Å²) in [6.45, 7) is 1.16. The van der Waals surface area contributed by atoms with E-state index in [1.165, 1.54) is 11.8 Å². The molecule has 0 unspecified atom stereocenters. The molecule has 0 saturated heterocycles. The molecule has 3 aromatic rings. The van der Waals surface area contributed by atoms with E-state index >= 15 is 0 Å². The van der Waals surface area contributed by atoms with Crippen LogP contribution in [0.5, 0.6) is 0 Å². The smallest absolute Gasteiger partial charge is 0.218 e. The highest BCUT2D eigenvalue weighted by Crippen LogP contribution is 2.41. The first kappa shape index (κ1) is 19.8. The number of nitrogen functional groups attached to an aromatic ring is 1. The van der Waals surface area contributed by atoms with Gasteiger partial charge in [-0.15, -0.1) is 0 Å². The maximum absolute atomic E-state index is 13.5. The van der Waals surface area contributed by atoms with Crippen molar-refractivity contribution in [1.29, 1.82) is 0 Å². The first-order valence-corrected chi connectivity index (χ1v) is 11.0. The molecule has 0 bridgehead atoms. The fourth-order valence-corrected chi connectivity index (χ4v) is 4.92. The first-order chi connectivity index (χ1) is 15.0. The Hall–Kier alpha value is -3.09. The molecule has 0 atom stereocenters. The summed E-state index contributed by atoms with van der Waals surface area (Å²) in [7, 11) is 0. The van der Waals surface area contributed by atoms with Crippen LogP contribution in [0.25, 0.3) is 0 Å². The van der Waals surface area contributed by atoms with Crippen LogP contribution in [0.2, 0.25) is 5.02 Å². The molecule has 0 aromatic heterocycles. The summed E-state index contributed by atoms with van der Waals surface area (Å²) in [5.74, 6) is -0.0751. The SMILES string of the molecule is Nc1c(C2=NCCCO2)cc(Sc2ccc(Cl)cc2)c2c1C(=O)c1ccccc1C2=O. The van der Waals surface area contributed by atoms with Crippen LogP contribution in [-0.4, -0.2) is 30.6 Å². The Morgan fingerprint density at radius 2 is 1.61 bits per heavy atom. The predicted molar refractivity (Wildman–Crippen MR) is 122 cm³/mol. The Morgan fingerprint density at radius 3 is 2.26 bits per heavy atom. The van der Waals surface area contributed by atoms with E-state index in [-0.39, 0.29) is 22.8 Å². The van der Waals surface area contributed by atoms with Crippen molar-refractivity contribution in [2.75, 3.05) is 18.9 Å². The lowest BCUT2D eigenvalue weighted by Crippen LogP contribution is -2.26. The number of hydrogen-bond donors (Lipinski definition) is 1. The lowest BCUT2D eigenvalue weighted by molar-refractivity contribution is 0.0977. The molecule has 2 aliphatic rings. The van der Waals surface area contributed by atoms with Crippen LogP contribution in [0.15, 0.2) is 69.4 Å². The molecule has 0 saturated carbocycles. The number of rotatable bonds is 3. The summed E-state index contributed by atoms with van der Waals surface area (Å²) in [5.41, 5.74) is 8.51. The van der Waals surface area contributed by atoms with Crippen molar-refractivity contribution in [3.8, 4) is 0 Å². The maximum atomic E-state index is 13.5. The van der Waals surface area contributed by atoms with Crippen LogP contribution in [0, 0.1) is 0 Å². The van der Waals surface area contributed by atoms with Gasteiger partial charge in [-0.3, -0.25) is 14.6 Å². The molecule has 0 spiro atoms. The highest BCUT2D eigenvalue weighted by atomic mass is 35.5. The van der Waals surface area contributed by atoms with E-state index in [4.69, 9.17) is 22.1 Å². The summed E-state index contributed by atoms with van der Waals surface area (Å²) in [5, 5.41) is 0.620. The van der Waals surface area contributed by atoms with Gasteiger partial charge in [-0.1, -0.05) is 47.6 Å². The molecule has 5 rings (SSSR count). The minimum absolute atomic E-state index is 0.216. The molecule has 0 amide bonds. The number of fused-ring (bicyclic) bond motifs is 2. The number of carbonyl (C=O) groups excluding carboxylic acids is 2. The molecule has 154 valence electrons. The van der Waals surface area contributed by atoms with Gasteiger partial charge >= 0.3 is 0 Å². The van der Waals surface area contributed by atoms with Crippen LogP contribution in [0.1, 0.15) is 43.8 Å². The third-order valence-electron chi connectivity index (χ3n) is 5.27. The van der Waals surface area contributed by atoms with Crippen molar-refractivity contribution in [3.63, 3.8) is 0 Å². The van der Waals surface area contributed by atoms with Gasteiger partial charge in [-0.25, -0.2) is 0 Å². The molecule has 7 heteroatoms. The highest BCUT2D eigenvalue weighted by molar-refractivity contribution is 7.99. The minimum Gasteiger partial charge on any atom is -0.477 e. The second-order valence-corrected chi connectivity index (χ2v) is 8.79. The van der Waals surface area contributed by atoms with Gasteiger partial charge in [0.1, 0.15) is 0 Å². The molecule has 1 aliphatic heterocycles. The Labute approximate surface area is 188 Å². The van der Waals surface area contributed by atoms with E-state index < -0.39 is 0 Å². The number of anilines is 1. The van der Waals surface area contributed by atoms with Crippen LogP contribution in [-0.2, 0) is 4.74 Å². The van der Waals surface area contributed by atoms with Crippen molar-refractivity contribution in [1.82, 2.24) is 0 Å². The number of ether oxygens (including phenoxy) is 1. The van der Waals surface area contributed by atoms with E-state index in [2.05, 4.69) is 4.99 Å². The monoisotopic (exact) mass is 448 g/mol. The largest absolute Gasteiger partial charge is 0.477 e. The molecule has 1 heterocycles. The van der Waals surface area contributed by atoms with E-state index in [1.54, 1.807) is 42.5 Å². The fraction of sp³-hybridized carbons (Fsp3) is 0.125. The molecule has 31 heavy (non-hydrogen) atoms. The molecule has 0 radical (unpaired) electrons. The molecule has 3 aromatic carbocycles. The van der Waals surface area contributed by atoms with E-state index in [9.17, 15) is 9.59 Å². The Kier molecular flexibility index (Phi) is 5.04. The summed E-state index contributed by atoms with van der Waals surface area (Å²) in [6, 6.07) is 15.9. The van der Waals surface area contributed by atoms with Crippen molar-refractivity contribution in [3.05, 3.63) is 87.4 Å². The lowest BCUT2D eigenvalue weighted by atomic mass is 9.82. The number of halogens is 1. The predicted octanol–water partition coefficient (Wildman–Crippen LogP) is 5.02. The van der Waals surface area contributed by atoms with E-state index in [0.717, 1.165) is 11.3 Å². The highest BCUT2D eigenvalue weighted by Gasteiger charge is 2.35. The Balaban J connectivity index is 1.74. The standard InChI is InChI=1S/C24H17ClN2O3S/c25-13-6-8-14(9-7-13)31-18-12-17(24-27-10-3-11-30-24)21(26)20-19(18)22(28)15-4-1-2-5-16(15)23(20)29/h1-2,4-9,12H,3,10-11,26H2. The third kappa shape index (κ3) is 3.42. The number of hydrogen-bond acceptors (Lipinski definition) is 6. The van der Waals surface area contributed by atoms with Gasteiger partial charge in [0, 0.05) is 44.5 Å². The minimum atomic E-state index is -0.265. The molecule has 1 aliphatic carbocycles. The normalized spacial score (nSPS) is 15.1. The first-order valence-electron chi connectivity index (χ1n) is 9.80. The van der Waals surface area contributed by atoms with E-state index in [1.807, 2.05) is 12.1 Å². The zero-order chi connectivity index (χ0) is 21.5. The van der Waals surface area contributed by atoms with Gasteiger partial charge in [-0.05, 0) is 30.3 Å². The Bertz CT molecular complexity index is 1270. The zero-order valence-corrected chi connectivity index (χ0v) is 17.9. The maximum Gasteiger partial charge on any atom is 0.218 e. The summed E-state index contributed by atoms with van der Waals surface area (Å²) in [4.78, 5) is 32.8. The van der Waals surface area contributed by atoms with Crippen molar-refractivity contribution in [2.45, 2.75) is 16.2 Å².